The zero-order chi connectivity index (χ0) is 14.0. The third-order valence-corrected chi connectivity index (χ3v) is 4.19. The molecule has 0 aliphatic heterocycles. The molecule has 0 atom stereocenters. The summed E-state index contributed by atoms with van der Waals surface area (Å²) < 4.78 is 41.9. The first-order chi connectivity index (χ1) is 8.90. The maximum Gasteiger partial charge on any atom is 0.339 e. The van der Waals surface area contributed by atoms with E-state index in [1.165, 1.54) is 30.3 Å². The number of para-hydroxylation sites is 1. The third-order valence-electron chi connectivity index (χ3n) is 2.22. The molecule has 100 valence electrons. The van der Waals surface area contributed by atoms with Crippen LogP contribution in [0.25, 0.3) is 0 Å². The van der Waals surface area contributed by atoms with Crippen LogP contribution in [0, 0.1) is 5.82 Å². The molecule has 0 aliphatic rings. The summed E-state index contributed by atoms with van der Waals surface area (Å²) in [5, 5.41) is 0.284. The van der Waals surface area contributed by atoms with Gasteiger partial charge in [0, 0.05) is 0 Å². The Labute approximate surface area is 119 Å². The predicted octanol–water partition coefficient (Wildman–Crippen LogP) is 3.90. The first-order valence-corrected chi connectivity index (χ1v) is 7.20. The van der Waals surface area contributed by atoms with E-state index in [-0.39, 0.29) is 20.7 Å². The van der Waals surface area contributed by atoms with Crippen LogP contribution in [0.1, 0.15) is 0 Å². The molecule has 0 fully saturated rings. The Morgan fingerprint density at radius 1 is 1.00 bits per heavy atom. The fourth-order valence-electron chi connectivity index (χ4n) is 1.31. The molecule has 0 unspecified atom stereocenters. The van der Waals surface area contributed by atoms with E-state index < -0.39 is 15.9 Å². The predicted molar refractivity (Wildman–Crippen MR) is 70.7 cm³/mol. The summed E-state index contributed by atoms with van der Waals surface area (Å²) in [5.41, 5.74) is 0. The number of hydrogen-bond donors (Lipinski definition) is 0. The molecule has 0 saturated heterocycles. The van der Waals surface area contributed by atoms with Crippen LogP contribution in [0.4, 0.5) is 4.39 Å². The molecule has 0 saturated carbocycles. The Morgan fingerprint density at radius 2 is 1.68 bits per heavy atom. The van der Waals surface area contributed by atoms with E-state index in [1.54, 1.807) is 0 Å². The lowest BCUT2D eigenvalue weighted by atomic mass is 10.3. The minimum Gasteiger partial charge on any atom is -0.376 e. The molecule has 2 aromatic carbocycles. The maximum atomic E-state index is 13.3. The lowest BCUT2D eigenvalue weighted by Crippen LogP contribution is -2.10. The van der Waals surface area contributed by atoms with Crippen molar-refractivity contribution in [2.45, 2.75) is 4.90 Å². The van der Waals surface area contributed by atoms with Crippen LogP contribution in [-0.4, -0.2) is 8.42 Å². The fourth-order valence-corrected chi connectivity index (χ4v) is 2.64. The molecule has 0 amide bonds. The molecular formula is C12H7Cl2FO3S. The molecule has 3 nitrogen and oxygen atoms in total. The van der Waals surface area contributed by atoms with Crippen LogP contribution >= 0.6 is 23.2 Å². The zero-order valence-electron chi connectivity index (χ0n) is 9.31. The van der Waals surface area contributed by atoms with Gasteiger partial charge in [0.05, 0.1) is 10.0 Å². The molecule has 0 radical (unpaired) electrons. The van der Waals surface area contributed by atoms with Crippen molar-refractivity contribution < 1.29 is 17.0 Å². The van der Waals surface area contributed by atoms with Crippen molar-refractivity contribution in [2.24, 2.45) is 0 Å². The normalized spacial score (nSPS) is 11.3. The maximum absolute atomic E-state index is 13.3. The molecule has 2 rings (SSSR count). The lowest BCUT2D eigenvalue weighted by Gasteiger charge is -2.08. The van der Waals surface area contributed by atoms with Crippen molar-refractivity contribution >= 4 is 33.3 Å². The topological polar surface area (TPSA) is 43.4 Å². The van der Waals surface area contributed by atoms with Crippen molar-refractivity contribution in [2.75, 3.05) is 0 Å². The standard InChI is InChI=1S/C12H7Cl2FO3S/c13-9-6-5-8(7-10(9)14)19(16,17)18-12-4-2-1-3-11(12)15/h1-7H. The SMILES string of the molecule is O=S(=O)(Oc1ccccc1F)c1ccc(Cl)c(Cl)c1. The van der Waals surface area contributed by atoms with E-state index in [0.717, 1.165) is 12.1 Å². The summed E-state index contributed by atoms with van der Waals surface area (Å²) in [6.07, 6.45) is 0. The van der Waals surface area contributed by atoms with Gasteiger partial charge in [-0.05, 0) is 30.3 Å². The summed E-state index contributed by atoms with van der Waals surface area (Å²) in [6, 6.07) is 8.88. The van der Waals surface area contributed by atoms with E-state index in [9.17, 15) is 12.8 Å². The Hall–Kier alpha value is -1.30. The van der Waals surface area contributed by atoms with Gasteiger partial charge in [0.1, 0.15) is 4.90 Å². The second-order valence-corrected chi connectivity index (χ2v) is 5.90. The quantitative estimate of drug-likeness (QED) is 0.805. The highest BCUT2D eigenvalue weighted by Crippen LogP contribution is 2.27. The van der Waals surface area contributed by atoms with E-state index >= 15 is 0 Å². The number of halogens is 3. The van der Waals surface area contributed by atoms with Gasteiger partial charge in [-0.15, -0.1) is 0 Å². The van der Waals surface area contributed by atoms with Crippen LogP contribution in [0.5, 0.6) is 5.75 Å². The highest BCUT2D eigenvalue weighted by Gasteiger charge is 2.19. The van der Waals surface area contributed by atoms with Gasteiger partial charge >= 0.3 is 10.1 Å². The third kappa shape index (κ3) is 3.18. The van der Waals surface area contributed by atoms with Gasteiger partial charge in [-0.3, -0.25) is 0 Å². The average Bonchev–Trinajstić information content (AvgIpc) is 2.35. The first kappa shape index (κ1) is 14.1. The second kappa shape index (κ2) is 5.36. The fraction of sp³-hybridized carbons (Fsp3) is 0. The molecule has 2 aromatic rings. The molecule has 0 spiro atoms. The molecule has 19 heavy (non-hydrogen) atoms. The number of rotatable bonds is 3. The summed E-state index contributed by atoms with van der Waals surface area (Å²) in [4.78, 5) is -0.204. The molecule has 0 aliphatic carbocycles. The van der Waals surface area contributed by atoms with Gasteiger partial charge < -0.3 is 4.18 Å². The highest BCUT2D eigenvalue weighted by atomic mass is 35.5. The van der Waals surface area contributed by atoms with Crippen LogP contribution in [0.3, 0.4) is 0 Å². The van der Waals surface area contributed by atoms with Gasteiger partial charge in [-0.2, -0.15) is 8.42 Å². The molecule has 0 bridgehead atoms. The molecule has 0 N–H and O–H groups in total. The summed E-state index contributed by atoms with van der Waals surface area (Å²) in [5.74, 6) is -1.15. The van der Waals surface area contributed by atoms with Gasteiger partial charge in [0.25, 0.3) is 0 Å². The van der Waals surface area contributed by atoms with Crippen molar-refractivity contribution in [3.05, 3.63) is 58.3 Å². The van der Waals surface area contributed by atoms with Crippen molar-refractivity contribution in [1.29, 1.82) is 0 Å². The van der Waals surface area contributed by atoms with E-state index in [2.05, 4.69) is 0 Å². The van der Waals surface area contributed by atoms with Crippen molar-refractivity contribution in [1.82, 2.24) is 0 Å². The van der Waals surface area contributed by atoms with E-state index in [0.29, 0.717) is 0 Å². The first-order valence-electron chi connectivity index (χ1n) is 5.04. The molecule has 7 heteroatoms. The Balaban J connectivity index is 2.38. The Kier molecular flexibility index (Phi) is 3.99. The summed E-state index contributed by atoms with van der Waals surface area (Å²) >= 11 is 11.4. The van der Waals surface area contributed by atoms with Crippen LogP contribution in [0.15, 0.2) is 47.4 Å². The summed E-state index contributed by atoms with van der Waals surface area (Å²) in [6.45, 7) is 0. The molecular weight excluding hydrogens is 314 g/mol. The van der Waals surface area contributed by atoms with Crippen molar-refractivity contribution in [3.63, 3.8) is 0 Å². The minimum atomic E-state index is -4.16. The summed E-state index contributed by atoms with van der Waals surface area (Å²) in [7, 11) is -4.16. The van der Waals surface area contributed by atoms with Crippen LogP contribution in [0.2, 0.25) is 10.0 Å². The highest BCUT2D eigenvalue weighted by molar-refractivity contribution is 7.87. The Morgan fingerprint density at radius 3 is 2.32 bits per heavy atom. The van der Waals surface area contributed by atoms with E-state index in [1.807, 2.05) is 0 Å². The number of benzene rings is 2. The molecule has 0 aromatic heterocycles. The van der Waals surface area contributed by atoms with Gasteiger partial charge in [-0.1, -0.05) is 35.3 Å². The second-order valence-electron chi connectivity index (χ2n) is 3.54. The lowest BCUT2D eigenvalue weighted by molar-refractivity contribution is 0.461. The monoisotopic (exact) mass is 320 g/mol. The van der Waals surface area contributed by atoms with Gasteiger partial charge in [0.2, 0.25) is 0 Å². The average molecular weight is 321 g/mol. The smallest absolute Gasteiger partial charge is 0.339 e. The van der Waals surface area contributed by atoms with Crippen LogP contribution < -0.4 is 4.18 Å². The number of hydrogen-bond acceptors (Lipinski definition) is 3. The van der Waals surface area contributed by atoms with Crippen LogP contribution in [-0.2, 0) is 10.1 Å². The van der Waals surface area contributed by atoms with E-state index in [4.69, 9.17) is 27.4 Å². The minimum absolute atomic E-state index is 0.0693. The largest absolute Gasteiger partial charge is 0.376 e. The zero-order valence-corrected chi connectivity index (χ0v) is 11.6. The van der Waals surface area contributed by atoms with Gasteiger partial charge in [-0.25, -0.2) is 4.39 Å². The molecule has 0 heterocycles. The van der Waals surface area contributed by atoms with Gasteiger partial charge in [0.15, 0.2) is 11.6 Å². The Bertz CT molecular complexity index is 717. The van der Waals surface area contributed by atoms with Crippen molar-refractivity contribution in [3.8, 4) is 5.75 Å².